The molecule has 1 amide bonds. The van der Waals surface area contributed by atoms with E-state index in [1.165, 1.54) is 0 Å². The number of likely N-dealkylation sites (tertiary alicyclic amines) is 1. The highest BCUT2D eigenvalue weighted by Gasteiger charge is 2.28. The number of nitrogens with zero attached hydrogens (tertiary/aromatic N) is 1. The molecule has 2 rings (SSSR count). The second kappa shape index (κ2) is 4.85. The highest BCUT2D eigenvalue weighted by atomic mass is 35.5. The average molecular weight is 240 g/mol. The number of halogens is 1. The predicted molar refractivity (Wildman–Crippen MR) is 62.6 cm³/mol. The maximum Gasteiger partial charge on any atom is 0.254 e. The molecule has 1 atom stereocenters. The van der Waals surface area contributed by atoms with Gasteiger partial charge in [-0.3, -0.25) is 4.79 Å². The molecular weight excluding hydrogens is 226 g/mol. The molecule has 0 radical (unpaired) electrons. The molecule has 1 aromatic rings. The minimum atomic E-state index is -0.0248. The van der Waals surface area contributed by atoms with E-state index in [-0.39, 0.29) is 18.6 Å². The minimum Gasteiger partial charge on any atom is -0.394 e. The molecule has 1 aliphatic rings. The van der Waals surface area contributed by atoms with Gasteiger partial charge in [0.25, 0.3) is 5.91 Å². The van der Waals surface area contributed by atoms with Crippen molar-refractivity contribution in [2.24, 2.45) is 0 Å². The lowest BCUT2D eigenvalue weighted by Gasteiger charge is -2.23. The summed E-state index contributed by atoms with van der Waals surface area (Å²) in [4.78, 5) is 13.8. The van der Waals surface area contributed by atoms with Gasteiger partial charge in [-0.15, -0.1) is 0 Å². The first-order valence-electron chi connectivity index (χ1n) is 5.40. The zero-order valence-corrected chi connectivity index (χ0v) is 9.65. The van der Waals surface area contributed by atoms with Crippen LogP contribution in [0.3, 0.4) is 0 Å². The Bertz CT molecular complexity index is 377. The fourth-order valence-corrected chi connectivity index (χ4v) is 2.18. The fraction of sp³-hybridized carbons (Fsp3) is 0.417. The third-order valence-electron chi connectivity index (χ3n) is 2.94. The monoisotopic (exact) mass is 239 g/mol. The van der Waals surface area contributed by atoms with E-state index in [0.29, 0.717) is 10.6 Å². The molecule has 86 valence electrons. The highest BCUT2D eigenvalue weighted by molar-refractivity contribution is 6.30. The fourth-order valence-electron chi connectivity index (χ4n) is 2.05. The third-order valence-corrected chi connectivity index (χ3v) is 3.19. The lowest BCUT2D eigenvalue weighted by atomic mass is 10.2. The van der Waals surface area contributed by atoms with E-state index in [0.717, 1.165) is 19.4 Å². The Hall–Kier alpha value is -1.06. The van der Waals surface area contributed by atoms with Gasteiger partial charge in [-0.1, -0.05) is 11.6 Å². The van der Waals surface area contributed by atoms with Crippen LogP contribution in [0, 0.1) is 0 Å². The van der Waals surface area contributed by atoms with Crippen molar-refractivity contribution >= 4 is 17.5 Å². The zero-order valence-electron chi connectivity index (χ0n) is 8.90. The van der Waals surface area contributed by atoms with Crippen LogP contribution in [0.1, 0.15) is 23.2 Å². The van der Waals surface area contributed by atoms with E-state index in [1.807, 2.05) is 0 Å². The first-order chi connectivity index (χ1) is 7.72. The van der Waals surface area contributed by atoms with Crippen LogP contribution in [0.15, 0.2) is 24.3 Å². The Morgan fingerprint density at radius 2 is 2.12 bits per heavy atom. The van der Waals surface area contributed by atoms with Gasteiger partial charge in [0.1, 0.15) is 0 Å². The Labute approximate surface area is 99.6 Å². The number of amides is 1. The van der Waals surface area contributed by atoms with Crippen molar-refractivity contribution in [1.29, 1.82) is 0 Å². The van der Waals surface area contributed by atoms with Crippen molar-refractivity contribution in [1.82, 2.24) is 4.90 Å². The second-order valence-electron chi connectivity index (χ2n) is 3.98. The summed E-state index contributed by atoms with van der Waals surface area (Å²) < 4.78 is 0. The van der Waals surface area contributed by atoms with Crippen LogP contribution in [0.5, 0.6) is 0 Å². The van der Waals surface area contributed by atoms with Crippen molar-refractivity contribution in [3.05, 3.63) is 34.9 Å². The van der Waals surface area contributed by atoms with Crippen LogP contribution in [0.4, 0.5) is 0 Å². The highest BCUT2D eigenvalue weighted by Crippen LogP contribution is 2.20. The van der Waals surface area contributed by atoms with Crippen LogP contribution in [0.25, 0.3) is 0 Å². The normalized spacial score (nSPS) is 20.1. The van der Waals surface area contributed by atoms with E-state index in [9.17, 15) is 4.79 Å². The number of carbonyl (C=O) groups is 1. The number of hydrogen-bond acceptors (Lipinski definition) is 2. The zero-order chi connectivity index (χ0) is 11.5. The molecular formula is C12H14ClNO2. The molecule has 0 aromatic heterocycles. The van der Waals surface area contributed by atoms with Gasteiger partial charge in [0.2, 0.25) is 0 Å². The number of hydrogen-bond donors (Lipinski definition) is 1. The number of aliphatic hydroxyl groups is 1. The van der Waals surface area contributed by atoms with Crippen LogP contribution < -0.4 is 0 Å². The van der Waals surface area contributed by atoms with Gasteiger partial charge in [-0.05, 0) is 37.1 Å². The summed E-state index contributed by atoms with van der Waals surface area (Å²) >= 11 is 5.77. The molecule has 1 N–H and O–H groups in total. The van der Waals surface area contributed by atoms with Crippen molar-refractivity contribution < 1.29 is 9.90 Å². The van der Waals surface area contributed by atoms with Crippen molar-refractivity contribution in [3.63, 3.8) is 0 Å². The van der Waals surface area contributed by atoms with Crippen molar-refractivity contribution in [2.75, 3.05) is 13.2 Å². The third kappa shape index (κ3) is 2.20. The summed E-state index contributed by atoms with van der Waals surface area (Å²) in [7, 11) is 0. The van der Waals surface area contributed by atoms with Crippen LogP contribution >= 0.6 is 11.6 Å². The van der Waals surface area contributed by atoms with E-state index in [1.54, 1.807) is 29.2 Å². The molecule has 0 spiro atoms. The maximum atomic E-state index is 12.1. The average Bonchev–Trinajstić information content (AvgIpc) is 2.77. The molecule has 4 heteroatoms. The van der Waals surface area contributed by atoms with E-state index >= 15 is 0 Å². The number of benzene rings is 1. The Balaban J connectivity index is 2.15. The molecule has 1 fully saturated rings. The summed E-state index contributed by atoms with van der Waals surface area (Å²) in [6.45, 7) is 0.770. The predicted octanol–water partition coefficient (Wildman–Crippen LogP) is 1.94. The summed E-state index contributed by atoms with van der Waals surface area (Å²) in [6, 6.07) is 6.83. The SMILES string of the molecule is O=C(c1ccc(Cl)cc1)N1CCC[C@H]1CO. The molecule has 16 heavy (non-hydrogen) atoms. The number of carbonyl (C=O) groups excluding carboxylic acids is 1. The van der Waals surface area contributed by atoms with Gasteiger partial charge in [0.15, 0.2) is 0 Å². The second-order valence-corrected chi connectivity index (χ2v) is 4.42. The van der Waals surface area contributed by atoms with Gasteiger partial charge in [0.05, 0.1) is 12.6 Å². The quantitative estimate of drug-likeness (QED) is 0.857. The molecule has 0 unspecified atom stereocenters. The summed E-state index contributed by atoms with van der Waals surface area (Å²) in [5, 5.41) is 9.78. The Kier molecular flexibility index (Phi) is 3.46. The molecule has 0 aliphatic carbocycles. The van der Waals surface area contributed by atoms with Gasteiger partial charge < -0.3 is 10.0 Å². The van der Waals surface area contributed by atoms with E-state index in [2.05, 4.69) is 0 Å². The van der Waals surface area contributed by atoms with Crippen molar-refractivity contribution in [3.8, 4) is 0 Å². The largest absolute Gasteiger partial charge is 0.394 e. The van der Waals surface area contributed by atoms with E-state index in [4.69, 9.17) is 16.7 Å². The number of rotatable bonds is 2. The van der Waals surface area contributed by atoms with Gasteiger partial charge >= 0.3 is 0 Å². The van der Waals surface area contributed by atoms with Crippen molar-refractivity contribution in [2.45, 2.75) is 18.9 Å². The molecule has 1 aliphatic heterocycles. The lowest BCUT2D eigenvalue weighted by Crippen LogP contribution is -2.37. The Morgan fingerprint density at radius 1 is 1.44 bits per heavy atom. The molecule has 0 bridgehead atoms. The van der Waals surface area contributed by atoms with Gasteiger partial charge in [-0.2, -0.15) is 0 Å². The van der Waals surface area contributed by atoms with E-state index < -0.39 is 0 Å². The molecule has 3 nitrogen and oxygen atoms in total. The van der Waals surface area contributed by atoms with Crippen LogP contribution in [-0.2, 0) is 0 Å². The topological polar surface area (TPSA) is 40.5 Å². The lowest BCUT2D eigenvalue weighted by molar-refractivity contribution is 0.0677. The smallest absolute Gasteiger partial charge is 0.254 e. The minimum absolute atomic E-state index is 0.0202. The maximum absolute atomic E-state index is 12.1. The summed E-state index contributed by atoms with van der Waals surface area (Å²) in [5.41, 5.74) is 0.629. The van der Waals surface area contributed by atoms with Gasteiger partial charge in [0, 0.05) is 17.1 Å². The summed E-state index contributed by atoms with van der Waals surface area (Å²) in [6.07, 6.45) is 1.85. The molecule has 1 aromatic carbocycles. The first-order valence-corrected chi connectivity index (χ1v) is 5.77. The Morgan fingerprint density at radius 3 is 2.75 bits per heavy atom. The first kappa shape index (κ1) is 11.4. The summed E-state index contributed by atoms with van der Waals surface area (Å²) in [5.74, 6) is -0.0202. The number of aliphatic hydroxyl groups excluding tert-OH is 1. The van der Waals surface area contributed by atoms with Crippen LogP contribution in [-0.4, -0.2) is 35.1 Å². The standard InChI is InChI=1S/C12H14ClNO2/c13-10-5-3-9(4-6-10)12(16)14-7-1-2-11(14)8-15/h3-6,11,15H,1-2,7-8H2/t11-/m0/s1. The molecule has 0 saturated carbocycles. The van der Waals surface area contributed by atoms with Crippen LogP contribution in [0.2, 0.25) is 5.02 Å². The van der Waals surface area contributed by atoms with Gasteiger partial charge in [-0.25, -0.2) is 0 Å². The molecule has 1 heterocycles. The molecule has 1 saturated heterocycles.